The number of rotatable bonds is 6. The molecule has 6 nitrogen and oxygen atoms in total. The number of hydrogen-bond acceptors (Lipinski definition) is 4. The number of para-hydroxylation sites is 2. The molecule has 0 fully saturated rings. The van der Waals surface area contributed by atoms with Crippen molar-refractivity contribution in [3.05, 3.63) is 68.2 Å². The lowest BCUT2D eigenvalue weighted by Gasteiger charge is -2.26. The number of nitrogens with zero attached hydrogens (tertiary/aromatic N) is 2. The van der Waals surface area contributed by atoms with Gasteiger partial charge in [-0.3, -0.25) is 14.9 Å². The fourth-order valence-electron chi connectivity index (χ4n) is 2.24. The zero-order valence-corrected chi connectivity index (χ0v) is 15.1. The molecule has 0 bridgehead atoms. The first-order valence-corrected chi connectivity index (χ1v) is 8.13. The third-order valence-electron chi connectivity index (χ3n) is 3.80. The van der Waals surface area contributed by atoms with Gasteiger partial charge >= 0.3 is 5.69 Å². The zero-order valence-electron chi connectivity index (χ0n) is 13.6. The Morgan fingerprint density at radius 2 is 1.96 bits per heavy atom. The first-order chi connectivity index (χ1) is 11.8. The van der Waals surface area contributed by atoms with E-state index in [1.54, 1.807) is 31.3 Å². The van der Waals surface area contributed by atoms with Crippen molar-refractivity contribution < 1.29 is 14.5 Å². The van der Waals surface area contributed by atoms with Gasteiger partial charge in [0.2, 0.25) is 0 Å². The third-order valence-corrected chi connectivity index (χ3v) is 4.36. The van der Waals surface area contributed by atoms with Crippen molar-refractivity contribution in [3.63, 3.8) is 0 Å². The maximum Gasteiger partial charge on any atom is 0.310 e. The fourth-order valence-corrected chi connectivity index (χ4v) is 2.80. The molecule has 1 amide bonds. The number of halogens is 2. The number of carbonyl (C=O) groups excluding carboxylic acids is 1. The number of ether oxygens (including phenoxy) is 1. The summed E-state index contributed by atoms with van der Waals surface area (Å²) in [6.45, 7) is 1.49. The number of hydrogen-bond donors (Lipinski definition) is 0. The first-order valence-electron chi connectivity index (χ1n) is 7.38. The molecule has 0 heterocycles. The Bertz CT molecular complexity index is 798. The summed E-state index contributed by atoms with van der Waals surface area (Å²) in [5.41, 5.74) is 0.555. The Kier molecular flexibility index (Phi) is 6.22. The Balaban J connectivity index is 2.06. The van der Waals surface area contributed by atoms with Crippen molar-refractivity contribution in [3.8, 4) is 5.75 Å². The SMILES string of the molecule is CC(c1ccc(Cl)cc1Cl)N(C)C(=O)COc1ccccc1[N+](=O)[O-]. The van der Waals surface area contributed by atoms with E-state index in [9.17, 15) is 14.9 Å². The molecule has 1 atom stereocenters. The van der Waals surface area contributed by atoms with E-state index in [0.29, 0.717) is 10.0 Å². The molecule has 2 aromatic rings. The normalized spacial score (nSPS) is 11.7. The van der Waals surface area contributed by atoms with Crippen LogP contribution >= 0.6 is 23.2 Å². The molecular formula is C17H16Cl2N2O4. The van der Waals surface area contributed by atoms with E-state index in [2.05, 4.69) is 0 Å². The average Bonchev–Trinajstić information content (AvgIpc) is 2.58. The molecule has 25 heavy (non-hydrogen) atoms. The number of likely N-dealkylation sites (N-methyl/N-ethyl adjacent to an activating group) is 1. The van der Waals surface area contributed by atoms with Crippen molar-refractivity contribution in [1.82, 2.24) is 4.90 Å². The van der Waals surface area contributed by atoms with Crippen LogP contribution in [0.3, 0.4) is 0 Å². The topological polar surface area (TPSA) is 72.7 Å². The Labute approximate surface area is 155 Å². The van der Waals surface area contributed by atoms with Gasteiger partial charge in [0, 0.05) is 23.2 Å². The van der Waals surface area contributed by atoms with E-state index in [0.717, 1.165) is 5.56 Å². The number of benzene rings is 2. The number of nitro benzene ring substituents is 1. The van der Waals surface area contributed by atoms with E-state index < -0.39 is 4.92 Å². The van der Waals surface area contributed by atoms with Crippen molar-refractivity contribution in [1.29, 1.82) is 0 Å². The molecule has 0 N–H and O–H groups in total. The molecule has 0 radical (unpaired) electrons. The third kappa shape index (κ3) is 4.61. The van der Waals surface area contributed by atoms with Crippen LogP contribution in [0, 0.1) is 10.1 Å². The molecule has 0 aromatic heterocycles. The van der Waals surface area contributed by atoms with Crippen LogP contribution in [0.1, 0.15) is 18.5 Å². The van der Waals surface area contributed by atoms with E-state index in [1.807, 2.05) is 6.92 Å². The van der Waals surface area contributed by atoms with Gasteiger partial charge in [0.15, 0.2) is 12.4 Å². The minimum Gasteiger partial charge on any atom is -0.477 e. The van der Waals surface area contributed by atoms with Gasteiger partial charge in [-0.15, -0.1) is 0 Å². The monoisotopic (exact) mass is 382 g/mol. The van der Waals surface area contributed by atoms with Crippen LogP contribution < -0.4 is 4.74 Å². The molecule has 0 saturated heterocycles. The molecule has 0 aliphatic rings. The van der Waals surface area contributed by atoms with Gasteiger partial charge in [0.05, 0.1) is 11.0 Å². The highest BCUT2D eigenvalue weighted by molar-refractivity contribution is 6.35. The second-order valence-corrected chi connectivity index (χ2v) is 6.20. The average molecular weight is 383 g/mol. The Morgan fingerprint density at radius 3 is 2.60 bits per heavy atom. The summed E-state index contributed by atoms with van der Waals surface area (Å²) in [5, 5.41) is 11.9. The number of nitro groups is 1. The first kappa shape index (κ1) is 19.0. The van der Waals surface area contributed by atoms with Crippen molar-refractivity contribution in [2.75, 3.05) is 13.7 Å². The molecule has 0 aliphatic carbocycles. The van der Waals surface area contributed by atoms with Gasteiger partial charge < -0.3 is 9.64 Å². The van der Waals surface area contributed by atoms with Crippen molar-refractivity contribution >= 4 is 34.8 Å². The van der Waals surface area contributed by atoms with Crippen LogP contribution in [0.4, 0.5) is 5.69 Å². The summed E-state index contributed by atoms with van der Waals surface area (Å²) >= 11 is 12.1. The van der Waals surface area contributed by atoms with Crippen molar-refractivity contribution in [2.24, 2.45) is 0 Å². The lowest BCUT2D eigenvalue weighted by Crippen LogP contribution is -2.33. The summed E-state index contributed by atoms with van der Waals surface area (Å²) in [5.74, 6) is -0.289. The molecule has 0 spiro atoms. The summed E-state index contributed by atoms with van der Waals surface area (Å²) in [7, 11) is 1.61. The van der Waals surface area contributed by atoms with Gasteiger partial charge in [-0.25, -0.2) is 0 Å². The summed E-state index contributed by atoms with van der Waals surface area (Å²) < 4.78 is 5.33. The molecule has 0 aliphatic heterocycles. The molecule has 2 rings (SSSR count). The van der Waals surface area contributed by atoms with E-state index in [-0.39, 0.29) is 30.0 Å². The van der Waals surface area contributed by atoms with Gasteiger partial charge in [-0.05, 0) is 30.7 Å². The van der Waals surface area contributed by atoms with Crippen molar-refractivity contribution in [2.45, 2.75) is 13.0 Å². The van der Waals surface area contributed by atoms with E-state index in [1.165, 1.54) is 23.1 Å². The lowest BCUT2D eigenvalue weighted by molar-refractivity contribution is -0.385. The minimum atomic E-state index is -0.556. The molecule has 2 aromatic carbocycles. The van der Waals surface area contributed by atoms with Gasteiger partial charge in [0.25, 0.3) is 5.91 Å². The highest BCUT2D eigenvalue weighted by atomic mass is 35.5. The highest BCUT2D eigenvalue weighted by Crippen LogP contribution is 2.30. The molecule has 8 heteroatoms. The standard InChI is InChI=1S/C17H16Cl2N2O4/c1-11(13-8-7-12(18)9-14(13)19)20(2)17(22)10-25-16-6-4-3-5-15(16)21(23)24/h3-9,11H,10H2,1-2H3. The largest absolute Gasteiger partial charge is 0.477 e. The fraction of sp³-hybridized carbons (Fsp3) is 0.235. The Morgan fingerprint density at radius 1 is 1.28 bits per heavy atom. The summed E-state index contributed by atoms with van der Waals surface area (Å²) in [6, 6.07) is 10.6. The van der Waals surface area contributed by atoms with Gasteiger partial charge in [-0.1, -0.05) is 41.4 Å². The van der Waals surface area contributed by atoms with E-state index >= 15 is 0 Å². The van der Waals surface area contributed by atoms with Gasteiger partial charge in [0.1, 0.15) is 0 Å². The predicted molar refractivity (Wildman–Crippen MR) is 96.2 cm³/mol. The highest BCUT2D eigenvalue weighted by Gasteiger charge is 2.21. The van der Waals surface area contributed by atoms with Crippen LogP contribution in [-0.2, 0) is 4.79 Å². The minimum absolute atomic E-state index is 0.0476. The summed E-state index contributed by atoms with van der Waals surface area (Å²) in [4.78, 5) is 24.2. The maximum absolute atomic E-state index is 12.4. The van der Waals surface area contributed by atoms with Crippen LogP contribution in [0.15, 0.2) is 42.5 Å². The smallest absolute Gasteiger partial charge is 0.310 e. The van der Waals surface area contributed by atoms with Crippen LogP contribution in [0.2, 0.25) is 10.0 Å². The molecule has 0 saturated carbocycles. The zero-order chi connectivity index (χ0) is 18.6. The van der Waals surface area contributed by atoms with E-state index in [4.69, 9.17) is 27.9 Å². The number of carbonyl (C=O) groups is 1. The molecule has 132 valence electrons. The second-order valence-electron chi connectivity index (χ2n) is 5.36. The van der Waals surface area contributed by atoms with Crippen LogP contribution in [0.5, 0.6) is 5.75 Å². The predicted octanol–water partition coefficient (Wildman–Crippen LogP) is 4.50. The quantitative estimate of drug-likeness (QED) is 0.544. The maximum atomic E-state index is 12.4. The number of amides is 1. The van der Waals surface area contributed by atoms with Crippen LogP contribution in [-0.4, -0.2) is 29.4 Å². The van der Waals surface area contributed by atoms with Crippen LogP contribution in [0.25, 0.3) is 0 Å². The second kappa shape index (κ2) is 8.18. The Hall–Kier alpha value is -2.31. The lowest BCUT2D eigenvalue weighted by atomic mass is 10.1. The summed E-state index contributed by atoms with van der Waals surface area (Å²) in [6.07, 6.45) is 0. The molecule has 1 unspecified atom stereocenters. The van der Waals surface area contributed by atoms with Gasteiger partial charge in [-0.2, -0.15) is 0 Å². The molecular weight excluding hydrogens is 367 g/mol.